The maximum absolute atomic E-state index is 13.2. The molecule has 6 atom stereocenters. The van der Waals surface area contributed by atoms with Gasteiger partial charge >= 0.3 is 23.9 Å². The predicted molar refractivity (Wildman–Crippen MR) is 340 cm³/mol. The largest absolute Gasteiger partial charge is 0.479 e. The van der Waals surface area contributed by atoms with E-state index in [1.165, 1.54) is 83.5 Å². The number of ether oxygens (including phenoxy) is 5. The van der Waals surface area contributed by atoms with Crippen LogP contribution in [-0.4, -0.2) is 89.2 Å². The van der Waals surface area contributed by atoms with Gasteiger partial charge in [0, 0.05) is 19.3 Å². The SMILES string of the molecule is CC/C=C\C/C=C\C/C=C\C/C=C\CCCCCCC(=O)OC1C(OCC(COC(=O)CCCCCCCCCCC/C=C\CCCCCCCC)OC(=O)CCCCCCCCC/C=C\C/C=C\C/C=C\CC)OC(C(=O)O)C(O)C1O. The van der Waals surface area contributed by atoms with E-state index in [1.54, 1.807) is 0 Å². The molecule has 0 aliphatic carbocycles. The molecule has 0 saturated carbocycles. The van der Waals surface area contributed by atoms with Crippen LogP contribution in [0, 0.1) is 0 Å². The minimum atomic E-state index is -1.92. The highest BCUT2D eigenvalue weighted by molar-refractivity contribution is 5.74. The maximum Gasteiger partial charge on any atom is 0.335 e. The molecule has 0 radical (unpaired) electrons. The normalized spacial score (nSPS) is 18.2. The van der Waals surface area contributed by atoms with Gasteiger partial charge in [-0.2, -0.15) is 0 Å². The van der Waals surface area contributed by atoms with Crippen LogP contribution < -0.4 is 0 Å². The zero-order valence-corrected chi connectivity index (χ0v) is 52.4. The molecule has 0 bridgehead atoms. The fraction of sp³-hybridized carbons (Fsp3) is 0.718. The van der Waals surface area contributed by atoms with Gasteiger partial charge in [-0.15, -0.1) is 0 Å². The van der Waals surface area contributed by atoms with Gasteiger partial charge in [-0.1, -0.05) is 240 Å². The van der Waals surface area contributed by atoms with E-state index >= 15 is 0 Å². The number of carbonyl (C=O) groups is 4. The number of unbranched alkanes of at least 4 members (excludes halogenated alkanes) is 26. The molecule has 1 fully saturated rings. The Morgan fingerprint density at radius 2 is 0.759 bits per heavy atom. The molecule has 0 aromatic heterocycles. The summed E-state index contributed by atoms with van der Waals surface area (Å²) in [6, 6.07) is 0. The van der Waals surface area contributed by atoms with Crippen molar-refractivity contribution in [2.45, 2.75) is 314 Å². The van der Waals surface area contributed by atoms with Crippen LogP contribution in [0.2, 0.25) is 0 Å². The molecule has 6 unspecified atom stereocenters. The van der Waals surface area contributed by atoms with Crippen LogP contribution in [-0.2, 0) is 42.9 Å². The first-order chi connectivity index (χ1) is 40.6. The van der Waals surface area contributed by atoms with Crippen LogP contribution in [0.4, 0.5) is 0 Å². The van der Waals surface area contributed by atoms with Gasteiger partial charge < -0.3 is 39.0 Å². The van der Waals surface area contributed by atoms with Gasteiger partial charge in [0.1, 0.15) is 18.8 Å². The molecule has 0 aromatic rings. The van der Waals surface area contributed by atoms with Gasteiger partial charge in [0.15, 0.2) is 24.6 Å². The molecule has 1 saturated heterocycles. The standard InChI is InChI=1S/C71H118O12/c1-4-7-10-13-16-19-22-25-28-31-32-35-36-39-42-45-48-51-54-57-63(72)79-60-62(81-64(73)58-55-52-49-46-43-40-37-33-29-26-23-20-17-14-11-8-5-2)61-80-71-69(67(76)66(75)68(83-71)70(77)78)82-65(74)59-56-53-50-47-44-41-38-34-30-27-24-21-18-15-12-9-6-3/h8-9,11-12,17-18,20-21,25-30,38,41,62,66-69,71,75-76H,4-7,10,13-16,19,22-24,31-37,39-40,42-61H2,1-3H3,(H,77,78)/b11-8-,12-9-,20-17-,21-18-,28-25-,29-26-,30-27-,41-38-. The molecule has 3 N–H and O–H groups in total. The van der Waals surface area contributed by atoms with Gasteiger partial charge in [0.25, 0.3) is 0 Å². The van der Waals surface area contributed by atoms with E-state index in [1.807, 2.05) is 0 Å². The van der Waals surface area contributed by atoms with Crippen LogP contribution in [0.1, 0.15) is 278 Å². The number of aliphatic hydroxyl groups excluding tert-OH is 2. The smallest absolute Gasteiger partial charge is 0.335 e. The lowest BCUT2D eigenvalue weighted by molar-refractivity contribution is -0.301. The molecule has 12 heteroatoms. The molecule has 1 aliphatic rings. The Balaban J connectivity index is 2.67. The van der Waals surface area contributed by atoms with Crippen molar-refractivity contribution in [3.05, 3.63) is 97.2 Å². The van der Waals surface area contributed by atoms with Crippen molar-refractivity contribution in [3.63, 3.8) is 0 Å². The molecule has 1 aliphatic heterocycles. The van der Waals surface area contributed by atoms with Crippen LogP contribution in [0.5, 0.6) is 0 Å². The Labute approximate surface area is 504 Å². The van der Waals surface area contributed by atoms with E-state index in [-0.39, 0.29) is 25.9 Å². The third-order valence-corrected chi connectivity index (χ3v) is 14.6. The zero-order valence-electron chi connectivity index (χ0n) is 52.4. The average Bonchev–Trinajstić information content (AvgIpc) is 3.55. The number of aliphatic hydroxyl groups is 2. The van der Waals surface area contributed by atoms with E-state index in [2.05, 4.69) is 118 Å². The summed E-state index contributed by atoms with van der Waals surface area (Å²) >= 11 is 0. The summed E-state index contributed by atoms with van der Waals surface area (Å²) in [5.74, 6) is -3.16. The summed E-state index contributed by atoms with van der Waals surface area (Å²) in [5.41, 5.74) is 0. The van der Waals surface area contributed by atoms with Crippen LogP contribution in [0.3, 0.4) is 0 Å². The third-order valence-electron chi connectivity index (χ3n) is 14.6. The molecule has 0 spiro atoms. The fourth-order valence-corrected chi connectivity index (χ4v) is 9.60. The Hall–Kier alpha value is -4.36. The van der Waals surface area contributed by atoms with E-state index in [4.69, 9.17) is 23.7 Å². The molecule has 0 aromatic carbocycles. The number of esters is 3. The summed E-state index contributed by atoms with van der Waals surface area (Å²) < 4.78 is 28.5. The first kappa shape index (κ1) is 76.7. The molecular weight excluding hydrogens is 1040 g/mol. The molecular formula is C71H118O12. The number of allylic oxidation sites excluding steroid dienone is 16. The summed E-state index contributed by atoms with van der Waals surface area (Å²) in [7, 11) is 0. The fourth-order valence-electron chi connectivity index (χ4n) is 9.60. The van der Waals surface area contributed by atoms with Crippen molar-refractivity contribution >= 4 is 23.9 Å². The summed E-state index contributed by atoms with van der Waals surface area (Å²) in [5, 5.41) is 31.6. The quantitative estimate of drug-likeness (QED) is 0.0228. The Bertz CT molecular complexity index is 1810. The summed E-state index contributed by atoms with van der Waals surface area (Å²) in [6.45, 7) is 5.78. The van der Waals surface area contributed by atoms with Crippen molar-refractivity contribution in [2.24, 2.45) is 0 Å². The number of carbonyl (C=O) groups excluding carboxylic acids is 3. The van der Waals surface area contributed by atoms with Crippen molar-refractivity contribution in [2.75, 3.05) is 13.2 Å². The third kappa shape index (κ3) is 47.6. The lowest BCUT2D eigenvalue weighted by Gasteiger charge is -2.40. The highest BCUT2D eigenvalue weighted by atomic mass is 16.7. The highest BCUT2D eigenvalue weighted by Crippen LogP contribution is 2.27. The van der Waals surface area contributed by atoms with Crippen molar-refractivity contribution in [3.8, 4) is 0 Å². The monoisotopic (exact) mass is 1160 g/mol. The molecule has 1 heterocycles. The second-order valence-corrected chi connectivity index (χ2v) is 22.3. The van der Waals surface area contributed by atoms with Gasteiger partial charge in [-0.25, -0.2) is 4.79 Å². The number of carboxylic acid groups (broad SMARTS) is 1. The summed E-state index contributed by atoms with van der Waals surface area (Å²) in [4.78, 5) is 51.4. The molecule has 12 nitrogen and oxygen atoms in total. The van der Waals surface area contributed by atoms with Crippen LogP contribution in [0.15, 0.2) is 97.2 Å². The lowest BCUT2D eigenvalue weighted by atomic mass is 9.98. The second-order valence-electron chi connectivity index (χ2n) is 22.3. The molecule has 474 valence electrons. The highest BCUT2D eigenvalue weighted by Gasteiger charge is 2.50. The zero-order chi connectivity index (χ0) is 60.3. The molecule has 1 rings (SSSR count). The Kier molecular flexibility index (Phi) is 53.6. The minimum absolute atomic E-state index is 0.0277. The number of rotatable bonds is 56. The van der Waals surface area contributed by atoms with Crippen molar-refractivity contribution in [1.29, 1.82) is 0 Å². The number of carboxylic acids is 1. The summed E-state index contributed by atoms with van der Waals surface area (Å²) in [6.07, 6.45) is 65.0. The first-order valence-corrected chi connectivity index (χ1v) is 33.2. The van der Waals surface area contributed by atoms with E-state index in [0.29, 0.717) is 19.3 Å². The van der Waals surface area contributed by atoms with E-state index in [9.17, 15) is 34.5 Å². The average molecular weight is 1160 g/mol. The predicted octanol–water partition coefficient (Wildman–Crippen LogP) is 18.0. The maximum atomic E-state index is 13.2. The van der Waals surface area contributed by atoms with E-state index < -0.39 is 67.3 Å². The molecule has 0 amide bonds. The van der Waals surface area contributed by atoms with Crippen LogP contribution >= 0.6 is 0 Å². The number of hydrogen-bond donors (Lipinski definition) is 3. The van der Waals surface area contributed by atoms with Crippen molar-refractivity contribution in [1.82, 2.24) is 0 Å². The second kappa shape index (κ2) is 58.0. The molecule has 83 heavy (non-hydrogen) atoms. The first-order valence-electron chi connectivity index (χ1n) is 33.2. The van der Waals surface area contributed by atoms with E-state index in [0.717, 1.165) is 135 Å². The minimum Gasteiger partial charge on any atom is -0.479 e. The number of aliphatic carboxylic acids is 1. The van der Waals surface area contributed by atoms with Gasteiger partial charge in [-0.05, 0) is 116 Å². The topological polar surface area (TPSA) is 175 Å². The van der Waals surface area contributed by atoms with Gasteiger partial charge in [0.05, 0.1) is 6.61 Å². The van der Waals surface area contributed by atoms with Gasteiger partial charge in [0.2, 0.25) is 0 Å². The number of hydrogen-bond acceptors (Lipinski definition) is 11. The lowest BCUT2D eigenvalue weighted by Crippen LogP contribution is -2.61. The Morgan fingerprint density at radius 3 is 1.17 bits per heavy atom. The van der Waals surface area contributed by atoms with Crippen LogP contribution in [0.25, 0.3) is 0 Å². The Morgan fingerprint density at radius 1 is 0.410 bits per heavy atom. The van der Waals surface area contributed by atoms with Gasteiger partial charge in [-0.3, -0.25) is 14.4 Å². The van der Waals surface area contributed by atoms with Crippen molar-refractivity contribution < 1.29 is 58.2 Å².